The molecule has 0 bridgehead atoms. The summed E-state index contributed by atoms with van der Waals surface area (Å²) >= 11 is 0. The number of unbranched alkanes of at least 4 members (excludes halogenated alkanes) is 6. The van der Waals surface area contributed by atoms with Crippen LogP contribution in [-0.2, 0) is 28.6 Å². The van der Waals surface area contributed by atoms with Crippen molar-refractivity contribution in [3.63, 3.8) is 0 Å². The smallest absolute Gasteiger partial charge is 0.346 e. The molecule has 0 amide bonds. The first kappa shape index (κ1) is 28.3. The third-order valence-corrected chi connectivity index (χ3v) is 5.08. The van der Waals surface area contributed by atoms with Gasteiger partial charge in [-0.2, -0.15) is 0 Å². The minimum atomic E-state index is -0.886. The zero-order valence-electron chi connectivity index (χ0n) is 20.6. The molecule has 0 fully saturated rings. The molecule has 0 aromatic rings. The van der Waals surface area contributed by atoms with Crippen molar-refractivity contribution in [1.82, 2.24) is 0 Å². The molecule has 6 nitrogen and oxygen atoms in total. The topological polar surface area (TPSA) is 78.9 Å². The minimum Gasteiger partial charge on any atom is -0.461 e. The van der Waals surface area contributed by atoms with Gasteiger partial charge in [0.05, 0.1) is 5.57 Å². The molecule has 1 heterocycles. The highest BCUT2D eigenvalue weighted by Gasteiger charge is 2.44. The third kappa shape index (κ3) is 10.6. The normalized spacial score (nSPS) is 14.4. The first-order valence-electron chi connectivity index (χ1n) is 12.0. The zero-order valence-corrected chi connectivity index (χ0v) is 20.6. The lowest BCUT2D eigenvalue weighted by molar-refractivity contribution is -0.154. The van der Waals surface area contributed by atoms with E-state index in [0.29, 0.717) is 12.8 Å². The van der Waals surface area contributed by atoms with E-state index in [2.05, 4.69) is 37.5 Å². The lowest BCUT2D eigenvalue weighted by Gasteiger charge is -2.31. The summed E-state index contributed by atoms with van der Waals surface area (Å²) in [5.74, 6) is 9.57. The average Bonchev–Trinajstić information content (AvgIpc) is 2.78. The molecule has 0 N–H and O–H groups in total. The largest absolute Gasteiger partial charge is 0.461 e. The number of carbonyl (C=O) groups excluding carboxylic acids is 3. The van der Waals surface area contributed by atoms with Crippen molar-refractivity contribution >= 4 is 17.9 Å². The molecule has 0 aliphatic carbocycles. The van der Waals surface area contributed by atoms with Gasteiger partial charge in [-0.25, -0.2) is 14.4 Å². The number of ether oxygens (including phenoxy) is 3. The average molecular weight is 459 g/mol. The monoisotopic (exact) mass is 458 g/mol. The number of carbonyl (C=O) groups is 3. The van der Waals surface area contributed by atoms with Crippen LogP contribution in [-0.4, -0.2) is 37.7 Å². The van der Waals surface area contributed by atoms with Crippen LogP contribution < -0.4 is 0 Å². The van der Waals surface area contributed by atoms with Gasteiger partial charge in [0.2, 0.25) is 0 Å². The summed E-state index contributed by atoms with van der Waals surface area (Å²) in [6.07, 6.45) is 9.06. The van der Waals surface area contributed by atoms with Crippen LogP contribution in [0.15, 0.2) is 11.1 Å². The lowest BCUT2D eigenvalue weighted by atomic mass is 9.80. The van der Waals surface area contributed by atoms with E-state index in [0.717, 1.165) is 51.4 Å². The SMILES string of the molecule is CCCCCC#CCCOC(=O)C1=C(C(=O)OCCC#CCCCCC)C(C)(C)COC1=O. The molecule has 0 aromatic carbocycles. The van der Waals surface area contributed by atoms with E-state index >= 15 is 0 Å². The Hall–Kier alpha value is -2.73. The number of esters is 3. The maximum atomic E-state index is 12.8. The van der Waals surface area contributed by atoms with Gasteiger partial charge >= 0.3 is 17.9 Å². The summed E-state index contributed by atoms with van der Waals surface area (Å²) in [5.41, 5.74) is -1.27. The van der Waals surface area contributed by atoms with E-state index in [-0.39, 0.29) is 25.4 Å². The van der Waals surface area contributed by atoms with Gasteiger partial charge in [0.25, 0.3) is 0 Å². The van der Waals surface area contributed by atoms with E-state index < -0.39 is 28.9 Å². The maximum Gasteiger partial charge on any atom is 0.346 e. The summed E-state index contributed by atoms with van der Waals surface area (Å²) in [6, 6.07) is 0. The molecule has 1 aliphatic rings. The first-order chi connectivity index (χ1) is 15.8. The Morgan fingerprint density at radius 3 is 1.82 bits per heavy atom. The van der Waals surface area contributed by atoms with Crippen LogP contribution in [0.25, 0.3) is 0 Å². The molecule has 33 heavy (non-hydrogen) atoms. The Bertz CT molecular complexity index is 813. The molecule has 1 rings (SSSR count). The Morgan fingerprint density at radius 1 is 0.818 bits per heavy atom. The van der Waals surface area contributed by atoms with Crippen molar-refractivity contribution in [2.24, 2.45) is 5.41 Å². The fourth-order valence-electron chi connectivity index (χ4n) is 3.21. The van der Waals surface area contributed by atoms with Crippen molar-refractivity contribution in [2.75, 3.05) is 19.8 Å². The van der Waals surface area contributed by atoms with Crippen LogP contribution >= 0.6 is 0 Å². The van der Waals surface area contributed by atoms with Gasteiger partial charge in [0.15, 0.2) is 5.57 Å². The maximum absolute atomic E-state index is 12.8. The van der Waals surface area contributed by atoms with Crippen molar-refractivity contribution < 1.29 is 28.6 Å². The second-order valence-electron chi connectivity index (χ2n) is 8.60. The Balaban J connectivity index is 2.72. The molecule has 0 atom stereocenters. The number of cyclic esters (lactones) is 1. The summed E-state index contributed by atoms with van der Waals surface area (Å²) in [5, 5.41) is 0. The molecular formula is C27H38O6. The molecule has 182 valence electrons. The van der Waals surface area contributed by atoms with Crippen LogP contribution in [0.5, 0.6) is 0 Å². The molecule has 0 radical (unpaired) electrons. The van der Waals surface area contributed by atoms with E-state index in [9.17, 15) is 14.4 Å². The Labute approximate surface area is 198 Å². The summed E-state index contributed by atoms with van der Waals surface area (Å²) < 4.78 is 15.7. The highest BCUT2D eigenvalue weighted by Crippen LogP contribution is 2.35. The molecular weight excluding hydrogens is 420 g/mol. The highest BCUT2D eigenvalue weighted by atomic mass is 16.6. The van der Waals surface area contributed by atoms with E-state index in [1.807, 2.05) is 0 Å². The number of hydrogen-bond donors (Lipinski definition) is 0. The van der Waals surface area contributed by atoms with Crippen LogP contribution in [0.1, 0.15) is 91.9 Å². The van der Waals surface area contributed by atoms with E-state index in [1.165, 1.54) is 0 Å². The Kier molecular flexibility index (Phi) is 13.7. The van der Waals surface area contributed by atoms with Gasteiger partial charge in [-0.15, -0.1) is 11.8 Å². The summed E-state index contributed by atoms with van der Waals surface area (Å²) in [4.78, 5) is 37.7. The van der Waals surface area contributed by atoms with Crippen LogP contribution in [0, 0.1) is 29.1 Å². The minimum absolute atomic E-state index is 0.00898. The van der Waals surface area contributed by atoms with Crippen molar-refractivity contribution in [1.29, 1.82) is 0 Å². The van der Waals surface area contributed by atoms with Gasteiger partial charge in [0.1, 0.15) is 19.8 Å². The fraction of sp³-hybridized carbons (Fsp3) is 0.667. The predicted molar refractivity (Wildman–Crippen MR) is 127 cm³/mol. The van der Waals surface area contributed by atoms with Gasteiger partial charge in [-0.3, -0.25) is 0 Å². The number of rotatable bonds is 12. The van der Waals surface area contributed by atoms with Crippen LogP contribution in [0.2, 0.25) is 0 Å². The van der Waals surface area contributed by atoms with Crippen molar-refractivity contribution in [3.8, 4) is 23.7 Å². The molecule has 1 aliphatic heterocycles. The fourth-order valence-corrected chi connectivity index (χ4v) is 3.21. The first-order valence-corrected chi connectivity index (χ1v) is 12.0. The molecule has 0 spiro atoms. The van der Waals surface area contributed by atoms with E-state index in [1.54, 1.807) is 13.8 Å². The summed E-state index contributed by atoms with van der Waals surface area (Å²) in [6.45, 7) is 7.81. The van der Waals surface area contributed by atoms with Crippen molar-refractivity contribution in [3.05, 3.63) is 11.1 Å². The second-order valence-corrected chi connectivity index (χ2v) is 8.60. The van der Waals surface area contributed by atoms with Crippen LogP contribution in [0.3, 0.4) is 0 Å². The standard InChI is InChI=1S/C27H38O6/c1-5-7-9-11-13-15-17-19-31-24(28)22-23(27(3,4)21-33-25(22)29)26(30)32-20-18-16-14-12-10-8-6-2/h5-12,17-21H2,1-4H3. The van der Waals surface area contributed by atoms with Gasteiger partial charge in [0, 0.05) is 31.1 Å². The van der Waals surface area contributed by atoms with Gasteiger partial charge < -0.3 is 14.2 Å². The van der Waals surface area contributed by atoms with E-state index in [4.69, 9.17) is 14.2 Å². The summed E-state index contributed by atoms with van der Waals surface area (Å²) in [7, 11) is 0. The van der Waals surface area contributed by atoms with Gasteiger partial charge in [-0.1, -0.05) is 65.2 Å². The molecule has 6 heteroatoms. The Morgan fingerprint density at radius 2 is 1.30 bits per heavy atom. The quantitative estimate of drug-likeness (QED) is 0.136. The van der Waals surface area contributed by atoms with Crippen molar-refractivity contribution in [2.45, 2.75) is 91.9 Å². The molecule has 0 saturated heterocycles. The molecule has 0 unspecified atom stereocenters. The predicted octanol–water partition coefficient (Wildman–Crippen LogP) is 4.90. The number of hydrogen-bond acceptors (Lipinski definition) is 6. The molecule has 0 saturated carbocycles. The molecule has 0 aromatic heterocycles. The lowest BCUT2D eigenvalue weighted by Crippen LogP contribution is -2.39. The third-order valence-electron chi connectivity index (χ3n) is 5.08. The zero-order chi connectivity index (χ0) is 24.5. The highest BCUT2D eigenvalue weighted by molar-refractivity contribution is 6.20. The second kappa shape index (κ2) is 16.0. The van der Waals surface area contributed by atoms with Crippen LogP contribution in [0.4, 0.5) is 0 Å². The van der Waals surface area contributed by atoms with Gasteiger partial charge in [-0.05, 0) is 12.8 Å².